The average molecular weight is 248 g/mol. The van der Waals surface area contributed by atoms with Crippen LogP contribution in [0.5, 0.6) is 5.75 Å². The largest absolute Gasteiger partial charge is 0.506 e. The summed E-state index contributed by atoms with van der Waals surface area (Å²) in [5.74, 6) is 0.705. The third kappa shape index (κ3) is 1.87. The van der Waals surface area contributed by atoms with Gasteiger partial charge >= 0.3 is 0 Å². The van der Waals surface area contributed by atoms with Gasteiger partial charge in [0.05, 0.1) is 16.2 Å². The molecule has 1 aromatic carbocycles. The Balaban J connectivity index is 2.17. The third-order valence-corrected chi connectivity index (χ3v) is 3.89. The van der Waals surface area contributed by atoms with Gasteiger partial charge in [-0.1, -0.05) is 30.5 Å². The summed E-state index contributed by atoms with van der Waals surface area (Å²) in [4.78, 5) is 4.58. The van der Waals surface area contributed by atoms with Crippen LogP contribution in [-0.2, 0) is 0 Å². The molecule has 1 heterocycles. The molecule has 0 saturated heterocycles. The molecule has 1 N–H and O–H groups in total. The predicted octanol–water partition coefficient (Wildman–Crippen LogP) is 4.25. The molecule has 0 atom stereocenters. The zero-order chi connectivity index (χ0) is 11.8. The molecule has 1 aliphatic carbocycles. The van der Waals surface area contributed by atoms with Gasteiger partial charge in [-0.15, -0.1) is 0 Å². The topological polar surface area (TPSA) is 33.1 Å². The van der Waals surface area contributed by atoms with E-state index in [0.29, 0.717) is 10.9 Å². The minimum absolute atomic E-state index is 0.289. The molecule has 3 rings (SSSR count). The van der Waals surface area contributed by atoms with Gasteiger partial charge in [-0.3, -0.25) is 0 Å². The maximum atomic E-state index is 10.1. The van der Waals surface area contributed by atoms with Crippen LogP contribution in [0.2, 0.25) is 5.02 Å². The lowest BCUT2D eigenvalue weighted by molar-refractivity contribution is 0.457. The zero-order valence-electron chi connectivity index (χ0n) is 9.49. The van der Waals surface area contributed by atoms with E-state index in [-0.39, 0.29) is 5.75 Å². The molecule has 0 bridgehead atoms. The molecular formula is C14H14ClNO. The van der Waals surface area contributed by atoms with Gasteiger partial charge in [-0.25, -0.2) is 4.98 Å². The van der Waals surface area contributed by atoms with Crippen molar-refractivity contribution in [3.63, 3.8) is 0 Å². The van der Waals surface area contributed by atoms with Gasteiger partial charge in [0.2, 0.25) is 0 Å². The van der Waals surface area contributed by atoms with Gasteiger partial charge in [0, 0.05) is 11.3 Å². The van der Waals surface area contributed by atoms with E-state index in [1.807, 2.05) is 18.2 Å². The lowest BCUT2D eigenvalue weighted by Gasteiger charge is -2.12. The summed E-state index contributed by atoms with van der Waals surface area (Å²) in [5.41, 5.74) is 1.72. The molecule has 2 aromatic rings. The highest BCUT2D eigenvalue weighted by Gasteiger charge is 2.22. The summed E-state index contributed by atoms with van der Waals surface area (Å²) in [5, 5.41) is 11.5. The molecular weight excluding hydrogens is 234 g/mol. The molecule has 17 heavy (non-hydrogen) atoms. The summed E-state index contributed by atoms with van der Waals surface area (Å²) < 4.78 is 0. The van der Waals surface area contributed by atoms with E-state index < -0.39 is 0 Å². The molecule has 88 valence electrons. The molecule has 0 unspecified atom stereocenters. The molecule has 1 aromatic heterocycles. The van der Waals surface area contributed by atoms with Crippen LogP contribution in [-0.4, -0.2) is 10.1 Å². The van der Waals surface area contributed by atoms with Gasteiger partial charge in [-0.2, -0.15) is 0 Å². The Bertz CT molecular complexity index is 561. The molecule has 0 aliphatic heterocycles. The van der Waals surface area contributed by atoms with Crippen molar-refractivity contribution in [2.24, 2.45) is 0 Å². The number of benzene rings is 1. The van der Waals surface area contributed by atoms with Crippen LogP contribution in [0.3, 0.4) is 0 Å². The third-order valence-electron chi connectivity index (χ3n) is 3.56. The van der Waals surface area contributed by atoms with Crippen LogP contribution in [0, 0.1) is 0 Å². The Morgan fingerprint density at radius 2 is 2.00 bits per heavy atom. The fraction of sp³-hybridized carbons (Fsp3) is 0.357. The normalized spacial score (nSPS) is 16.8. The highest BCUT2D eigenvalue weighted by atomic mass is 35.5. The highest BCUT2D eigenvalue weighted by Crippen LogP contribution is 2.39. The van der Waals surface area contributed by atoms with E-state index in [2.05, 4.69) is 4.98 Å². The molecule has 0 amide bonds. The number of nitrogens with zero attached hydrogens (tertiary/aromatic N) is 1. The first kappa shape index (κ1) is 10.8. The summed E-state index contributed by atoms with van der Waals surface area (Å²) in [6.45, 7) is 0. The minimum Gasteiger partial charge on any atom is -0.506 e. The monoisotopic (exact) mass is 247 g/mol. The van der Waals surface area contributed by atoms with Gasteiger partial charge < -0.3 is 5.11 Å². The van der Waals surface area contributed by atoms with E-state index in [4.69, 9.17) is 11.6 Å². The van der Waals surface area contributed by atoms with E-state index >= 15 is 0 Å². The smallest absolute Gasteiger partial charge is 0.138 e. The Kier molecular flexibility index (Phi) is 2.67. The fourth-order valence-corrected chi connectivity index (χ4v) is 2.89. The Labute approximate surface area is 105 Å². The molecule has 1 aliphatic rings. The summed E-state index contributed by atoms with van der Waals surface area (Å²) in [7, 11) is 0. The first-order valence-electron chi connectivity index (χ1n) is 6.04. The van der Waals surface area contributed by atoms with Crippen molar-refractivity contribution in [1.82, 2.24) is 4.98 Å². The molecule has 0 radical (unpaired) electrons. The molecule has 2 nitrogen and oxygen atoms in total. The average Bonchev–Trinajstić information content (AvgIpc) is 2.83. The fourth-order valence-electron chi connectivity index (χ4n) is 2.66. The molecule has 1 saturated carbocycles. The van der Waals surface area contributed by atoms with Crippen molar-refractivity contribution in [3.05, 3.63) is 35.0 Å². The maximum Gasteiger partial charge on any atom is 0.138 e. The number of hydrogen-bond donors (Lipinski definition) is 1. The predicted molar refractivity (Wildman–Crippen MR) is 69.6 cm³/mol. The van der Waals surface area contributed by atoms with Gasteiger partial charge in [0.15, 0.2) is 0 Å². The zero-order valence-corrected chi connectivity index (χ0v) is 10.2. The first-order valence-corrected chi connectivity index (χ1v) is 6.41. The van der Waals surface area contributed by atoms with Crippen LogP contribution in [0.25, 0.3) is 10.9 Å². The standard InChI is InChI=1S/C14H14ClNO/c15-11-6-3-7-12-10(11)8-13(17)14(16-12)9-4-1-2-5-9/h3,6-9,17H,1-2,4-5H2. The van der Waals surface area contributed by atoms with Crippen molar-refractivity contribution in [2.75, 3.05) is 0 Å². The maximum absolute atomic E-state index is 10.1. The van der Waals surface area contributed by atoms with E-state index in [1.54, 1.807) is 6.07 Å². The SMILES string of the molecule is Oc1cc2c(Cl)cccc2nc1C1CCCC1. The number of aromatic hydroxyl groups is 1. The van der Waals surface area contributed by atoms with Crippen LogP contribution in [0.15, 0.2) is 24.3 Å². The Hall–Kier alpha value is -1.28. The van der Waals surface area contributed by atoms with E-state index in [1.165, 1.54) is 12.8 Å². The van der Waals surface area contributed by atoms with E-state index in [0.717, 1.165) is 29.4 Å². The lowest BCUT2D eigenvalue weighted by atomic mass is 10.0. The van der Waals surface area contributed by atoms with Crippen molar-refractivity contribution < 1.29 is 5.11 Å². The van der Waals surface area contributed by atoms with Crippen LogP contribution in [0.4, 0.5) is 0 Å². The minimum atomic E-state index is 0.289. The lowest BCUT2D eigenvalue weighted by Crippen LogP contribution is -1.97. The van der Waals surface area contributed by atoms with Gasteiger partial charge in [0.1, 0.15) is 5.75 Å². The van der Waals surface area contributed by atoms with Gasteiger partial charge in [-0.05, 0) is 31.0 Å². The summed E-state index contributed by atoms with van der Waals surface area (Å²) in [6, 6.07) is 7.41. The number of halogens is 1. The van der Waals surface area contributed by atoms with Crippen molar-refractivity contribution in [3.8, 4) is 5.75 Å². The molecule has 1 fully saturated rings. The van der Waals surface area contributed by atoms with Gasteiger partial charge in [0.25, 0.3) is 0 Å². The molecule has 0 spiro atoms. The van der Waals surface area contributed by atoms with Crippen LogP contribution >= 0.6 is 11.6 Å². The second kappa shape index (κ2) is 4.19. The summed E-state index contributed by atoms with van der Waals surface area (Å²) in [6.07, 6.45) is 4.73. The van der Waals surface area contributed by atoms with Crippen molar-refractivity contribution >= 4 is 22.5 Å². The summed E-state index contributed by atoms with van der Waals surface area (Å²) >= 11 is 6.09. The Morgan fingerprint density at radius 1 is 1.24 bits per heavy atom. The number of rotatable bonds is 1. The molecule has 3 heteroatoms. The quantitative estimate of drug-likeness (QED) is 0.817. The van der Waals surface area contributed by atoms with Crippen molar-refractivity contribution in [1.29, 1.82) is 0 Å². The Morgan fingerprint density at radius 3 is 2.76 bits per heavy atom. The van der Waals surface area contributed by atoms with Crippen LogP contribution < -0.4 is 0 Å². The second-order valence-electron chi connectivity index (χ2n) is 4.68. The second-order valence-corrected chi connectivity index (χ2v) is 5.09. The van der Waals surface area contributed by atoms with Crippen LogP contribution in [0.1, 0.15) is 37.3 Å². The number of hydrogen-bond acceptors (Lipinski definition) is 2. The van der Waals surface area contributed by atoms with Crippen molar-refractivity contribution in [2.45, 2.75) is 31.6 Å². The number of aromatic nitrogens is 1. The van der Waals surface area contributed by atoms with E-state index in [9.17, 15) is 5.11 Å². The first-order chi connectivity index (χ1) is 8.25. The highest BCUT2D eigenvalue weighted by molar-refractivity contribution is 6.35. The number of pyridine rings is 1. The number of fused-ring (bicyclic) bond motifs is 1.